The zero-order valence-corrected chi connectivity index (χ0v) is 12.9. The van der Waals surface area contributed by atoms with Crippen LogP contribution in [0.15, 0.2) is 24.9 Å². The van der Waals surface area contributed by atoms with Crippen LogP contribution in [-0.4, -0.2) is 51.5 Å². The maximum atomic E-state index is 11.6. The Kier molecular flexibility index (Phi) is 8.41. The molecule has 0 rings (SSSR count). The van der Waals surface area contributed by atoms with Gasteiger partial charge >= 0.3 is 17.9 Å². The van der Waals surface area contributed by atoms with Crippen LogP contribution in [0.3, 0.4) is 0 Å². The van der Waals surface area contributed by atoms with Crippen molar-refractivity contribution in [2.75, 3.05) is 6.61 Å². The highest BCUT2D eigenvalue weighted by atomic mass is 16.6. The van der Waals surface area contributed by atoms with E-state index >= 15 is 0 Å². The Morgan fingerprint density at radius 1 is 1.26 bits per heavy atom. The number of aliphatic hydroxyl groups is 1. The van der Waals surface area contributed by atoms with Gasteiger partial charge in [-0.25, -0.2) is 4.79 Å². The minimum atomic E-state index is -2.72. The van der Waals surface area contributed by atoms with Crippen molar-refractivity contribution >= 4 is 17.9 Å². The molecule has 0 aliphatic carbocycles. The maximum absolute atomic E-state index is 11.6. The number of ether oxygens (including phenoxy) is 3. The van der Waals surface area contributed by atoms with Gasteiger partial charge in [0.25, 0.3) is 0 Å². The molecule has 0 radical (unpaired) electrons. The van der Waals surface area contributed by atoms with Gasteiger partial charge in [-0.05, 0) is 13.8 Å². The van der Waals surface area contributed by atoms with Gasteiger partial charge in [-0.1, -0.05) is 6.58 Å². The third kappa shape index (κ3) is 8.47. The third-order valence-electron chi connectivity index (χ3n) is 2.47. The molecule has 0 aromatic heterocycles. The van der Waals surface area contributed by atoms with Crippen molar-refractivity contribution in [3.63, 3.8) is 0 Å². The maximum Gasteiger partial charge on any atom is 0.336 e. The molecule has 0 saturated heterocycles. The summed E-state index contributed by atoms with van der Waals surface area (Å²) in [6.45, 7) is 6.29. The lowest BCUT2D eigenvalue weighted by molar-refractivity contribution is -0.172. The second-order valence-corrected chi connectivity index (χ2v) is 4.73. The van der Waals surface area contributed by atoms with E-state index in [1.807, 2.05) is 0 Å². The van der Waals surface area contributed by atoms with E-state index in [9.17, 15) is 19.5 Å². The quantitative estimate of drug-likeness (QED) is 0.367. The van der Waals surface area contributed by atoms with E-state index in [0.29, 0.717) is 5.76 Å². The average Bonchev–Trinajstić information content (AvgIpc) is 2.41. The Hall–Kier alpha value is -2.55. The number of allylic oxidation sites excluding steroid dienone is 1. The minimum Gasteiger partial charge on any atom is -0.489 e. The molecule has 0 amide bonds. The molecule has 2 unspecified atom stereocenters. The Morgan fingerprint density at radius 3 is 2.35 bits per heavy atom. The molecule has 0 bridgehead atoms. The summed E-state index contributed by atoms with van der Waals surface area (Å²) >= 11 is 0. The first-order valence-electron chi connectivity index (χ1n) is 6.53. The van der Waals surface area contributed by atoms with E-state index in [-0.39, 0.29) is 6.61 Å². The van der Waals surface area contributed by atoms with Crippen LogP contribution < -0.4 is 0 Å². The van der Waals surface area contributed by atoms with Crippen LogP contribution in [0.1, 0.15) is 26.7 Å². The fraction of sp³-hybridized carbons (Fsp3) is 0.500. The summed E-state index contributed by atoms with van der Waals surface area (Å²) in [6.07, 6.45) is -0.213. The monoisotopic (exact) mass is 332 g/mol. The summed E-state index contributed by atoms with van der Waals surface area (Å²) in [5.74, 6) is -4.04. The van der Waals surface area contributed by atoms with Crippen molar-refractivity contribution in [1.82, 2.24) is 0 Å². The summed E-state index contributed by atoms with van der Waals surface area (Å²) in [5.41, 5.74) is -2.72. The van der Waals surface area contributed by atoms with E-state index < -0.39 is 42.5 Å². The lowest BCUT2D eigenvalue weighted by Gasteiger charge is -2.21. The largest absolute Gasteiger partial charge is 0.489 e. The van der Waals surface area contributed by atoms with Crippen LogP contribution in [0.25, 0.3) is 0 Å². The SMILES string of the molecule is C=COC=C(C)OC(C)COC(=O)CC(O)(CC(=O)O)C(=O)O. The molecule has 0 aliphatic heterocycles. The highest BCUT2D eigenvalue weighted by Gasteiger charge is 2.41. The first-order chi connectivity index (χ1) is 10.6. The van der Waals surface area contributed by atoms with Crippen LogP contribution in [0, 0.1) is 0 Å². The number of carbonyl (C=O) groups is 3. The number of carbonyl (C=O) groups excluding carboxylic acids is 1. The summed E-state index contributed by atoms with van der Waals surface area (Å²) in [7, 11) is 0. The Bertz CT molecular complexity index is 483. The van der Waals surface area contributed by atoms with Gasteiger partial charge in [-0.2, -0.15) is 0 Å². The molecule has 2 atom stereocenters. The van der Waals surface area contributed by atoms with Crippen LogP contribution in [0.2, 0.25) is 0 Å². The van der Waals surface area contributed by atoms with E-state index in [1.54, 1.807) is 13.8 Å². The van der Waals surface area contributed by atoms with Gasteiger partial charge in [-0.15, -0.1) is 0 Å². The molecule has 0 heterocycles. The number of carboxylic acids is 2. The van der Waals surface area contributed by atoms with Crippen molar-refractivity contribution in [3.8, 4) is 0 Å². The van der Waals surface area contributed by atoms with Gasteiger partial charge in [0.1, 0.15) is 24.7 Å². The molecule has 0 fully saturated rings. The van der Waals surface area contributed by atoms with Gasteiger partial charge in [0.15, 0.2) is 5.60 Å². The fourth-order valence-electron chi connectivity index (χ4n) is 1.49. The van der Waals surface area contributed by atoms with Crippen molar-refractivity contribution in [1.29, 1.82) is 0 Å². The van der Waals surface area contributed by atoms with Crippen molar-refractivity contribution in [2.45, 2.75) is 38.4 Å². The zero-order valence-electron chi connectivity index (χ0n) is 12.9. The summed E-state index contributed by atoms with van der Waals surface area (Å²) in [6, 6.07) is 0. The van der Waals surface area contributed by atoms with Gasteiger partial charge in [0.05, 0.1) is 19.1 Å². The molecule has 9 heteroatoms. The van der Waals surface area contributed by atoms with Gasteiger partial charge in [0, 0.05) is 0 Å². The zero-order chi connectivity index (χ0) is 18.0. The summed E-state index contributed by atoms with van der Waals surface area (Å²) in [5, 5.41) is 27.1. The Balaban J connectivity index is 4.45. The predicted octanol–water partition coefficient (Wildman–Crippen LogP) is 0.637. The van der Waals surface area contributed by atoms with Crippen LogP contribution in [0.4, 0.5) is 0 Å². The molecule has 9 nitrogen and oxygen atoms in total. The third-order valence-corrected chi connectivity index (χ3v) is 2.47. The standard InChI is InChI=1S/C14H20O9/c1-4-21-7-9(2)23-10(3)8-22-12(17)6-14(20,13(18)19)5-11(15)16/h4,7,10,20H,1,5-6,8H2,2-3H3,(H,15,16)(H,18,19). The highest BCUT2D eigenvalue weighted by Crippen LogP contribution is 2.17. The van der Waals surface area contributed by atoms with Gasteiger partial charge < -0.3 is 29.5 Å². The number of rotatable bonds is 11. The van der Waals surface area contributed by atoms with Crippen LogP contribution >= 0.6 is 0 Å². The van der Waals surface area contributed by atoms with Gasteiger partial charge in [-0.3, -0.25) is 9.59 Å². The molecular formula is C14H20O9. The van der Waals surface area contributed by atoms with Crippen LogP contribution in [0.5, 0.6) is 0 Å². The number of hydrogen-bond acceptors (Lipinski definition) is 7. The lowest BCUT2D eigenvalue weighted by atomic mass is 9.96. The molecule has 3 N–H and O–H groups in total. The van der Waals surface area contributed by atoms with E-state index in [1.165, 1.54) is 12.5 Å². The van der Waals surface area contributed by atoms with Crippen molar-refractivity contribution < 1.29 is 43.9 Å². The number of aliphatic carboxylic acids is 2. The number of hydrogen-bond donors (Lipinski definition) is 3. The predicted molar refractivity (Wildman–Crippen MR) is 76.0 cm³/mol. The number of esters is 1. The smallest absolute Gasteiger partial charge is 0.336 e. The average molecular weight is 332 g/mol. The molecule has 0 aromatic carbocycles. The van der Waals surface area contributed by atoms with Gasteiger partial charge in [0.2, 0.25) is 0 Å². The summed E-state index contributed by atoms with van der Waals surface area (Å²) in [4.78, 5) is 33.0. The molecule has 23 heavy (non-hydrogen) atoms. The number of carboxylic acid groups (broad SMARTS) is 2. The van der Waals surface area contributed by atoms with E-state index in [0.717, 1.165) is 0 Å². The second-order valence-electron chi connectivity index (χ2n) is 4.73. The van der Waals surface area contributed by atoms with E-state index in [4.69, 9.17) is 24.4 Å². The molecule has 0 spiro atoms. The van der Waals surface area contributed by atoms with Crippen molar-refractivity contribution in [3.05, 3.63) is 24.9 Å². The molecular weight excluding hydrogens is 312 g/mol. The molecule has 0 aromatic rings. The molecule has 130 valence electrons. The Labute approximate surface area is 132 Å². The molecule has 0 aliphatic rings. The lowest BCUT2D eigenvalue weighted by Crippen LogP contribution is -2.43. The highest BCUT2D eigenvalue weighted by molar-refractivity contribution is 5.88. The minimum absolute atomic E-state index is 0.221. The first kappa shape index (κ1) is 20.5. The summed E-state index contributed by atoms with van der Waals surface area (Å²) < 4.78 is 14.8. The van der Waals surface area contributed by atoms with E-state index in [2.05, 4.69) is 6.58 Å². The second kappa shape index (κ2) is 9.46. The topological polar surface area (TPSA) is 140 Å². The fourth-order valence-corrected chi connectivity index (χ4v) is 1.49. The van der Waals surface area contributed by atoms with Crippen molar-refractivity contribution in [2.24, 2.45) is 0 Å². The van der Waals surface area contributed by atoms with Crippen LogP contribution in [-0.2, 0) is 28.6 Å². The molecule has 0 saturated carbocycles. The normalized spacial score (nSPS) is 15.0. The Morgan fingerprint density at radius 2 is 1.87 bits per heavy atom. The first-order valence-corrected chi connectivity index (χ1v) is 6.53.